The number of nitrogens with one attached hydrogen (secondary N) is 1. The summed E-state index contributed by atoms with van der Waals surface area (Å²) in [6.45, 7) is 0.466. The van der Waals surface area contributed by atoms with Crippen LogP contribution in [0.4, 0.5) is 20.2 Å². The van der Waals surface area contributed by atoms with Gasteiger partial charge in [-0.25, -0.2) is 8.78 Å². The van der Waals surface area contributed by atoms with Gasteiger partial charge in [0, 0.05) is 6.54 Å². The van der Waals surface area contributed by atoms with Gasteiger partial charge in [0.1, 0.15) is 11.6 Å². The normalized spacial score (nSPS) is 10.2. The average molecular weight is 234 g/mol. The van der Waals surface area contributed by atoms with E-state index in [9.17, 15) is 8.78 Å². The molecule has 0 bridgehead atoms. The Kier molecular flexibility index (Phi) is 3.23. The molecule has 3 N–H and O–H groups in total. The van der Waals surface area contributed by atoms with Crippen molar-refractivity contribution >= 4 is 11.4 Å². The second-order valence-corrected chi connectivity index (χ2v) is 3.68. The largest absolute Gasteiger partial charge is 0.395 e. The molecule has 2 nitrogen and oxygen atoms in total. The molecule has 0 heterocycles. The van der Waals surface area contributed by atoms with Crippen LogP contribution in [-0.4, -0.2) is 0 Å². The first-order valence-electron chi connectivity index (χ1n) is 5.19. The standard InChI is InChI=1S/C13H12F2N2/c14-10-6-4-9(5-7-10)8-17-12-3-1-2-11(15)13(12)16/h1-7,17H,8,16H2. The summed E-state index contributed by atoms with van der Waals surface area (Å²) in [6, 6.07) is 10.7. The van der Waals surface area contributed by atoms with E-state index in [-0.39, 0.29) is 11.5 Å². The van der Waals surface area contributed by atoms with Crippen molar-refractivity contribution in [2.75, 3.05) is 11.1 Å². The second kappa shape index (κ2) is 4.82. The van der Waals surface area contributed by atoms with Crippen molar-refractivity contribution in [3.05, 3.63) is 59.7 Å². The van der Waals surface area contributed by atoms with E-state index >= 15 is 0 Å². The number of nitrogens with two attached hydrogens (primary N) is 1. The first kappa shape index (κ1) is 11.4. The highest BCUT2D eigenvalue weighted by molar-refractivity contribution is 5.66. The molecule has 0 atom stereocenters. The highest BCUT2D eigenvalue weighted by Crippen LogP contribution is 2.21. The zero-order valence-electron chi connectivity index (χ0n) is 9.08. The SMILES string of the molecule is Nc1c(F)cccc1NCc1ccc(F)cc1. The molecule has 2 rings (SSSR count). The molecule has 2 aromatic rings. The topological polar surface area (TPSA) is 38.0 Å². The van der Waals surface area contributed by atoms with Crippen LogP contribution in [0.15, 0.2) is 42.5 Å². The van der Waals surface area contributed by atoms with Gasteiger partial charge in [-0.2, -0.15) is 0 Å². The molecular formula is C13H12F2N2. The van der Waals surface area contributed by atoms with Crippen LogP contribution in [-0.2, 0) is 6.54 Å². The molecule has 2 aromatic carbocycles. The molecule has 0 aliphatic heterocycles. The molecule has 88 valence electrons. The van der Waals surface area contributed by atoms with Crippen molar-refractivity contribution in [3.63, 3.8) is 0 Å². The van der Waals surface area contributed by atoms with Gasteiger partial charge in [-0.3, -0.25) is 0 Å². The third-order valence-corrected chi connectivity index (χ3v) is 2.45. The quantitative estimate of drug-likeness (QED) is 0.800. The van der Waals surface area contributed by atoms with Gasteiger partial charge >= 0.3 is 0 Å². The van der Waals surface area contributed by atoms with Gasteiger partial charge in [0.2, 0.25) is 0 Å². The number of hydrogen-bond acceptors (Lipinski definition) is 2. The van der Waals surface area contributed by atoms with E-state index in [1.165, 1.54) is 18.2 Å². The number of rotatable bonds is 3. The fourth-order valence-corrected chi connectivity index (χ4v) is 1.49. The maximum Gasteiger partial charge on any atom is 0.148 e. The number of hydrogen-bond donors (Lipinski definition) is 2. The lowest BCUT2D eigenvalue weighted by Crippen LogP contribution is -2.03. The van der Waals surface area contributed by atoms with Gasteiger partial charge < -0.3 is 11.1 Å². The average Bonchev–Trinajstić information content (AvgIpc) is 2.33. The van der Waals surface area contributed by atoms with Crippen molar-refractivity contribution in [1.82, 2.24) is 0 Å². The van der Waals surface area contributed by atoms with Crippen LogP contribution >= 0.6 is 0 Å². The van der Waals surface area contributed by atoms with Crippen LogP contribution in [0, 0.1) is 11.6 Å². The van der Waals surface area contributed by atoms with E-state index in [4.69, 9.17) is 5.73 Å². The molecule has 0 aliphatic carbocycles. The summed E-state index contributed by atoms with van der Waals surface area (Å²) in [4.78, 5) is 0. The Morgan fingerprint density at radius 3 is 2.41 bits per heavy atom. The first-order valence-corrected chi connectivity index (χ1v) is 5.19. The minimum Gasteiger partial charge on any atom is -0.395 e. The lowest BCUT2D eigenvalue weighted by molar-refractivity contribution is 0.627. The molecule has 17 heavy (non-hydrogen) atoms. The zero-order chi connectivity index (χ0) is 12.3. The van der Waals surface area contributed by atoms with Crippen LogP contribution in [0.5, 0.6) is 0 Å². The molecule has 0 saturated carbocycles. The molecule has 0 fully saturated rings. The molecular weight excluding hydrogens is 222 g/mol. The van der Waals surface area contributed by atoms with E-state index in [0.717, 1.165) is 5.56 Å². The molecule has 0 aromatic heterocycles. The molecule has 0 radical (unpaired) electrons. The van der Waals surface area contributed by atoms with Gasteiger partial charge in [-0.15, -0.1) is 0 Å². The minimum absolute atomic E-state index is 0.0922. The zero-order valence-corrected chi connectivity index (χ0v) is 9.08. The lowest BCUT2D eigenvalue weighted by Gasteiger charge is -2.09. The highest BCUT2D eigenvalue weighted by Gasteiger charge is 2.03. The van der Waals surface area contributed by atoms with E-state index in [0.29, 0.717) is 12.2 Å². The maximum absolute atomic E-state index is 13.1. The Labute approximate surface area is 98.1 Å². The van der Waals surface area contributed by atoms with Crippen LogP contribution < -0.4 is 11.1 Å². The van der Waals surface area contributed by atoms with Crippen LogP contribution in [0.25, 0.3) is 0 Å². The first-order chi connectivity index (χ1) is 8.16. The smallest absolute Gasteiger partial charge is 0.148 e. The van der Waals surface area contributed by atoms with E-state index in [1.807, 2.05) is 0 Å². The maximum atomic E-state index is 13.1. The summed E-state index contributed by atoms with van der Waals surface area (Å²) in [5.41, 5.74) is 7.10. The molecule has 0 spiro atoms. The van der Waals surface area contributed by atoms with E-state index in [1.54, 1.807) is 24.3 Å². The number of anilines is 2. The Bertz CT molecular complexity index is 509. The van der Waals surface area contributed by atoms with Crippen molar-refractivity contribution < 1.29 is 8.78 Å². The summed E-state index contributed by atoms with van der Waals surface area (Å²) >= 11 is 0. The number of benzene rings is 2. The van der Waals surface area contributed by atoms with Gasteiger partial charge in [0.15, 0.2) is 0 Å². The number of halogens is 2. The van der Waals surface area contributed by atoms with Crippen molar-refractivity contribution in [3.8, 4) is 0 Å². The third kappa shape index (κ3) is 2.72. The summed E-state index contributed by atoms with van der Waals surface area (Å²) in [6.07, 6.45) is 0. The van der Waals surface area contributed by atoms with Gasteiger partial charge in [0.25, 0.3) is 0 Å². The molecule has 4 heteroatoms. The van der Waals surface area contributed by atoms with E-state index < -0.39 is 5.82 Å². The predicted molar refractivity (Wildman–Crippen MR) is 64.5 cm³/mol. The highest BCUT2D eigenvalue weighted by atomic mass is 19.1. The monoisotopic (exact) mass is 234 g/mol. The van der Waals surface area contributed by atoms with Gasteiger partial charge in [-0.05, 0) is 29.8 Å². The minimum atomic E-state index is -0.450. The summed E-state index contributed by atoms with van der Waals surface area (Å²) < 4.78 is 25.8. The Morgan fingerprint density at radius 1 is 1.00 bits per heavy atom. The number of nitrogen functional groups attached to an aromatic ring is 1. The Balaban J connectivity index is 2.07. The fraction of sp³-hybridized carbons (Fsp3) is 0.0769. The summed E-state index contributed by atoms with van der Waals surface area (Å²) in [7, 11) is 0. The van der Waals surface area contributed by atoms with Crippen LogP contribution in [0.3, 0.4) is 0 Å². The summed E-state index contributed by atoms with van der Waals surface area (Å²) in [5.74, 6) is -0.729. The third-order valence-electron chi connectivity index (χ3n) is 2.45. The predicted octanol–water partition coefficient (Wildman–Crippen LogP) is 3.16. The van der Waals surface area contributed by atoms with Crippen molar-refractivity contribution in [2.45, 2.75) is 6.54 Å². The number of para-hydroxylation sites is 1. The van der Waals surface area contributed by atoms with Crippen LogP contribution in [0.1, 0.15) is 5.56 Å². The molecule has 0 unspecified atom stereocenters. The van der Waals surface area contributed by atoms with Crippen molar-refractivity contribution in [2.24, 2.45) is 0 Å². The lowest BCUT2D eigenvalue weighted by atomic mass is 10.2. The second-order valence-electron chi connectivity index (χ2n) is 3.68. The molecule has 0 saturated heterocycles. The molecule has 0 amide bonds. The Hall–Kier alpha value is -2.10. The molecule has 0 aliphatic rings. The summed E-state index contributed by atoms with van der Waals surface area (Å²) in [5, 5.41) is 3.00. The van der Waals surface area contributed by atoms with Crippen molar-refractivity contribution in [1.29, 1.82) is 0 Å². The van der Waals surface area contributed by atoms with E-state index in [2.05, 4.69) is 5.32 Å². The van der Waals surface area contributed by atoms with Gasteiger partial charge in [0.05, 0.1) is 11.4 Å². The van der Waals surface area contributed by atoms with Crippen LogP contribution in [0.2, 0.25) is 0 Å². The van der Waals surface area contributed by atoms with Gasteiger partial charge in [-0.1, -0.05) is 18.2 Å². The Morgan fingerprint density at radius 2 is 1.71 bits per heavy atom. The fourth-order valence-electron chi connectivity index (χ4n) is 1.49.